The first kappa shape index (κ1) is 20.2. The molecule has 3 unspecified atom stereocenters. The second-order valence-corrected chi connectivity index (χ2v) is 7.99. The molecule has 0 aromatic rings. The Balaban J connectivity index is 2.42. The van der Waals surface area contributed by atoms with Crippen LogP contribution in [-0.2, 0) is 4.74 Å². The quantitative estimate of drug-likeness (QED) is 0.755. The first-order chi connectivity index (χ1) is 10.7. The third kappa shape index (κ3) is 8.56. The minimum atomic E-state index is -0.447. The number of piperidine rings is 1. The van der Waals surface area contributed by atoms with Crippen molar-refractivity contribution in [3.63, 3.8) is 0 Å². The average Bonchev–Trinajstić information content (AvgIpc) is 2.43. The standard InChI is InChI=1S/C18H37N3O2/c1-7-9-16(12-19-17(22)23-18(3,4)5)20-14(2)15-10-8-11-21(6)13-15/h14-16,20H,7-13H2,1-6H3,(H,19,22). The summed E-state index contributed by atoms with van der Waals surface area (Å²) in [6, 6.07) is 0.768. The van der Waals surface area contributed by atoms with E-state index in [9.17, 15) is 4.79 Å². The van der Waals surface area contributed by atoms with Crippen LogP contribution in [-0.4, -0.2) is 55.4 Å². The van der Waals surface area contributed by atoms with E-state index in [-0.39, 0.29) is 6.09 Å². The lowest BCUT2D eigenvalue weighted by Gasteiger charge is -2.36. The maximum absolute atomic E-state index is 11.8. The molecule has 0 aromatic carbocycles. The molecule has 1 aliphatic heterocycles. The first-order valence-electron chi connectivity index (χ1n) is 9.12. The molecule has 136 valence electrons. The van der Waals surface area contributed by atoms with Gasteiger partial charge in [-0.15, -0.1) is 0 Å². The normalized spacial score (nSPS) is 22.4. The molecule has 1 rings (SSSR count). The van der Waals surface area contributed by atoms with Crippen LogP contribution in [0.2, 0.25) is 0 Å². The monoisotopic (exact) mass is 327 g/mol. The number of ether oxygens (including phenoxy) is 1. The van der Waals surface area contributed by atoms with Crippen molar-refractivity contribution in [2.45, 2.75) is 78.0 Å². The van der Waals surface area contributed by atoms with E-state index >= 15 is 0 Å². The van der Waals surface area contributed by atoms with E-state index in [1.807, 2.05) is 20.8 Å². The van der Waals surface area contributed by atoms with Crippen molar-refractivity contribution in [1.29, 1.82) is 0 Å². The number of carbonyl (C=O) groups is 1. The van der Waals surface area contributed by atoms with Crippen LogP contribution in [0.3, 0.4) is 0 Å². The number of nitrogens with one attached hydrogen (secondary N) is 2. The second-order valence-electron chi connectivity index (χ2n) is 7.99. The molecule has 1 aliphatic rings. The maximum Gasteiger partial charge on any atom is 0.407 e. The molecule has 1 saturated heterocycles. The topological polar surface area (TPSA) is 53.6 Å². The summed E-state index contributed by atoms with van der Waals surface area (Å²) in [6.45, 7) is 13.1. The van der Waals surface area contributed by atoms with Crippen molar-refractivity contribution in [2.24, 2.45) is 5.92 Å². The van der Waals surface area contributed by atoms with Crippen molar-refractivity contribution < 1.29 is 9.53 Å². The molecule has 1 fully saturated rings. The van der Waals surface area contributed by atoms with Crippen molar-refractivity contribution in [1.82, 2.24) is 15.5 Å². The Morgan fingerprint density at radius 1 is 1.39 bits per heavy atom. The van der Waals surface area contributed by atoms with E-state index in [1.165, 1.54) is 19.4 Å². The van der Waals surface area contributed by atoms with Crippen LogP contribution >= 0.6 is 0 Å². The predicted molar refractivity (Wildman–Crippen MR) is 95.8 cm³/mol. The molecule has 0 aliphatic carbocycles. The van der Waals surface area contributed by atoms with Gasteiger partial charge in [-0.25, -0.2) is 4.79 Å². The zero-order valence-electron chi connectivity index (χ0n) is 15.9. The summed E-state index contributed by atoms with van der Waals surface area (Å²) >= 11 is 0. The van der Waals surface area contributed by atoms with Crippen LogP contribution in [0.1, 0.15) is 60.3 Å². The third-order valence-corrected chi connectivity index (χ3v) is 4.40. The fourth-order valence-corrected chi connectivity index (χ4v) is 3.24. The van der Waals surface area contributed by atoms with Crippen LogP contribution in [0.15, 0.2) is 0 Å². The molecule has 0 bridgehead atoms. The van der Waals surface area contributed by atoms with Crippen LogP contribution in [0.25, 0.3) is 0 Å². The minimum absolute atomic E-state index is 0.301. The van der Waals surface area contributed by atoms with E-state index in [4.69, 9.17) is 4.74 Å². The summed E-state index contributed by atoms with van der Waals surface area (Å²) in [6.07, 6.45) is 4.40. The Bertz CT molecular complexity index is 355. The third-order valence-electron chi connectivity index (χ3n) is 4.40. The SMILES string of the molecule is CCCC(CNC(=O)OC(C)(C)C)NC(C)C1CCCN(C)C1. The summed E-state index contributed by atoms with van der Waals surface area (Å²) in [4.78, 5) is 14.2. The number of amides is 1. The van der Waals surface area contributed by atoms with Gasteiger partial charge in [0.25, 0.3) is 0 Å². The average molecular weight is 328 g/mol. The highest BCUT2D eigenvalue weighted by atomic mass is 16.6. The summed E-state index contributed by atoms with van der Waals surface area (Å²) in [5.74, 6) is 0.689. The van der Waals surface area contributed by atoms with Gasteiger partial charge in [0, 0.05) is 25.2 Å². The zero-order valence-corrected chi connectivity index (χ0v) is 15.9. The molecule has 0 saturated carbocycles. The number of hydrogen-bond donors (Lipinski definition) is 2. The van der Waals surface area contributed by atoms with Crippen molar-refractivity contribution in [3.8, 4) is 0 Å². The smallest absolute Gasteiger partial charge is 0.407 e. The van der Waals surface area contributed by atoms with Crippen molar-refractivity contribution in [2.75, 3.05) is 26.7 Å². The van der Waals surface area contributed by atoms with Gasteiger partial charge in [0.05, 0.1) is 0 Å². The highest BCUT2D eigenvalue weighted by Gasteiger charge is 2.25. The molecule has 0 spiro atoms. The van der Waals surface area contributed by atoms with Gasteiger partial charge in [0.2, 0.25) is 0 Å². The number of carbonyl (C=O) groups excluding carboxylic acids is 1. The van der Waals surface area contributed by atoms with Gasteiger partial charge in [-0.3, -0.25) is 0 Å². The molecular weight excluding hydrogens is 290 g/mol. The highest BCUT2D eigenvalue weighted by molar-refractivity contribution is 5.67. The van der Waals surface area contributed by atoms with Crippen LogP contribution in [0, 0.1) is 5.92 Å². The molecular formula is C18H37N3O2. The van der Waals surface area contributed by atoms with E-state index < -0.39 is 5.60 Å². The molecule has 2 N–H and O–H groups in total. The molecule has 0 aromatic heterocycles. The zero-order chi connectivity index (χ0) is 17.5. The number of alkyl carbamates (subject to hydrolysis) is 1. The van der Waals surface area contributed by atoms with Crippen LogP contribution in [0.5, 0.6) is 0 Å². The van der Waals surface area contributed by atoms with Crippen molar-refractivity contribution >= 4 is 6.09 Å². The van der Waals surface area contributed by atoms with E-state index in [1.54, 1.807) is 0 Å². The highest BCUT2D eigenvalue weighted by Crippen LogP contribution is 2.19. The van der Waals surface area contributed by atoms with Gasteiger partial charge in [-0.2, -0.15) is 0 Å². The van der Waals surface area contributed by atoms with Crippen LogP contribution < -0.4 is 10.6 Å². The Hall–Kier alpha value is -0.810. The lowest BCUT2D eigenvalue weighted by molar-refractivity contribution is 0.0519. The summed E-state index contributed by atoms with van der Waals surface area (Å²) in [5.41, 5.74) is -0.447. The largest absolute Gasteiger partial charge is 0.444 e. The Morgan fingerprint density at radius 2 is 2.09 bits per heavy atom. The van der Waals surface area contributed by atoms with Gasteiger partial charge in [0.15, 0.2) is 0 Å². The number of hydrogen-bond acceptors (Lipinski definition) is 4. The molecule has 3 atom stereocenters. The fourth-order valence-electron chi connectivity index (χ4n) is 3.24. The molecule has 5 nitrogen and oxygen atoms in total. The Kier molecular flexibility index (Phi) is 8.34. The lowest BCUT2D eigenvalue weighted by Crippen LogP contribution is -2.50. The summed E-state index contributed by atoms with van der Waals surface area (Å²) < 4.78 is 5.32. The Labute approximate surface area is 142 Å². The lowest BCUT2D eigenvalue weighted by atomic mass is 9.91. The summed E-state index contributed by atoms with van der Waals surface area (Å²) in [5, 5.41) is 6.64. The van der Waals surface area contributed by atoms with E-state index in [2.05, 4.69) is 36.4 Å². The fraction of sp³-hybridized carbons (Fsp3) is 0.944. The van der Waals surface area contributed by atoms with Gasteiger partial charge in [-0.1, -0.05) is 13.3 Å². The van der Waals surface area contributed by atoms with Gasteiger partial charge >= 0.3 is 6.09 Å². The van der Waals surface area contributed by atoms with Crippen molar-refractivity contribution in [3.05, 3.63) is 0 Å². The minimum Gasteiger partial charge on any atom is -0.444 e. The van der Waals surface area contributed by atoms with Gasteiger partial charge in [0.1, 0.15) is 5.60 Å². The molecule has 5 heteroatoms. The molecule has 0 radical (unpaired) electrons. The predicted octanol–water partition coefficient (Wildman–Crippen LogP) is 3.00. The molecule has 1 heterocycles. The number of nitrogens with zero attached hydrogens (tertiary/aromatic N) is 1. The second kappa shape index (κ2) is 9.48. The number of rotatable bonds is 7. The maximum atomic E-state index is 11.8. The molecule has 23 heavy (non-hydrogen) atoms. The van der Waals surface area contributed by atoms with Gasteiger partial charge < -0.3 is 20.3 Å². The van der Waals surface area contributed by atoms with E-state index in [0.29, 0.717) is 24.5 Å². The summed E-state index contributed by atoms with van der Waals surface area (Å²) in [7, 11) is 2.20. The molecule has 1 amide bonds. The van der Waals surface area contributed by atoms with Gasteiger partial charge in [-0.05, 0) is 66.5 Å². The number of likely N-dealkylation sites (tertiary alicyclic amines) is 1. The van der Waals surface area contributed by atoms with E-state index in [0.717, 1.165) is 19.4 Å². The van der Waals surface area contributed by atoms with Crippen LogP contribution in [0.4, 0.5) is 4.79 Å². The first-order valence-corrected chi connectivity index (χ1v) is 9.12. The Morgan fingerprint density at radius 3 is 2.65 bits per heavy atom.